The second kappa shape index (κ2) is 7.54. The van der Waals surface area contributed by atoms with Crippen molar-refractivity contribution in [3.63, 3.8) is 0 Å². The molecule has 5 nitrogen and oxygen atoms in total. The van der Waals surface area contributed by atoms with E-state index in [1.807, 2.05) is 19.1 Å². The zero-order valence-electron chi connectivity index (χ0n) is 18.1. The molecule has 1 aliphatic heterocycles. The van der Waals surface area contributed by atoms with Crippen molar-refractivity contribution >= 4 is 43.9 Å². The summed E-state index contributed by atoms with van der Waals surface area (Å²) in [6, 6.07) is 14.7. The molecule has 2 aromatic heterocycles. The third kappa shape index (κ3) is 3.41. The van der Waals surface area contributed by atoms with Crippen molar-refractivity contribution in [2.75, 3.05) is 19.0 Å². The van der Waals surface area contributed by atoms with Gasteiger partial charge in [0, 0.05) is 33.6 Å². The maximum absolute atomic E-state index is 12.6. The molecule has 6 heteroatoms. The summed E-state index contributed by atoms with van der Waals surface area (Å²) in [6.45, 7) is 7.06. The summed E-state index contributed by atoms with van der Waals surface area (Å²) in [5, 5.41) is 8.66. The first-order chi connectivity index (χ1) is 14.9. The van der Waals surface area contributed by atoms with Crippen LogP contribution >= 0.6 is 11.3 Å². The number of fused-ring (bicyclic) bond motifs is 5. The fourth-order valence-corrected chi connectivity index (χ4v) is 5.21. The van der Waals surface area contributed by atoms with Crippen molar-refractivity contribution in [2.45, 2.75) is 32.7 Å². The molecule has 0 spiro atoms. The van der Waals surface area contributed by atoms with Crippen LogP contribution in [-0.4, -0.2) is 30.6 Å². The van der Waals surface area contributed by atoms with Gasteiger partial charge in [-0.15, -0.1) is 11.3 Å². The number of benzene rings is 2. The minimum absolute atomic E-state index is 0.0102. The van der Waals surface area contributed by atoms with Gasteiger partial charge >= 0.3 is 0 Å². The average molecular weight is 432 g/mol. The number of carbonyl (C=O) groups excluding carboxylic acids is 1. The second-order valence-corrected chi connectivity index (χ2v) is 9.47. The first kappa shape index (κ1) is 19.8. The Balaban J connectivity index is 1.68. The van der Waals surface area contributed by atoms with Gasteiger partial charge in [-0.25, -0.2) is 4.98 Å². The number of hydrogen-bond acceptors (Lipinski definition) is 5. The van der Waals surface area contributed by atoms with Gasteiger partial charge in [-0.05, 0) is 60.9 Å². The lowest BCUT2D eigenvalue weighted by Gasteiger charge is -2.12. The van der Waals surface area contributed by atoms with Gasteiger partial charge < -0.3 is 15.4 Å². The Kier molecular flexibility index (Phi) is 4.82. The van der Waals surface area contributed by atoms with E-state index in [4.69, 9.17) is 9.72 Å². The van der Waals surface area contributed by atoms with Crippen LogP contribution in [0.15, 0.2) is 42.5 Å². The number of hydrogen-bond donors (Lipinski definition) is 2. The van der Waals surface area contributed by atoms with Gasteiger partial charge in [-0.3, -0.25) is 4.79 Å². The molecule has 3 heterocycles. The number of rotatable bonds is 3. The van der Waals surface area contributed by atoms with Crippen LogP contribution in [0.25, 0.3) is 32.2 Å². The van der Waals surface area contributed by atoms with Crippen molar-refractivity contribution in [2.24, 2.45) is 0 Å². The van der Waals surface area contributed by atoms with E-state index in [0.29, 0.717) is 12.5 Å². The van der Waals surface area contributed by atoms with Gasteiger partial charge in [0.15, 0.2) is 0 Å². The first-order valence-corrected chi connectivity index (χ1v) is 11.4. The zero-order chi connectivity index (χ0) is 21.7. The Morgan fingerprint density at radius 1 is 1.16 bits per heavy atom. The largest absolute Gasteiger partial charge is 0.497 e. The van der Waals surface area contributed by atoms with E-state index < -0.39 is 0 Å². The predicted octanol–water partition coefficient (Wildman–Crippen LogP) is 5.79. The summed E-state index contributed by atoms with van der Waals surface area (Å²) in [5.41, 5.74) is 5.01. The molecule has 5 rings (SSSR count). The molecule has 0 saturated carbocycles. The van der Waals surface area contributed by atoms with Crippen LogP contribution in [0.1, 0.15) is 41.9 Å². The Morgan fingerprint density at radius 3 is 2.77 bits per heavy atom. The summed E-state index contributed by atoms with van der Waals surface area (Å²) in [6.07, 6.45) is 0. The van der Waals surface area contributed by atoms with Gasteiger partial charge in [0.2, 0.25) is 0 Å². The monoisotopic (exact) mass is 431 g/mol. The molecular formula is C25H25N3O2S. The molecular weight excluding hydrogens is 406 g/mol. The Morgan fingerprint density at radius 2 is 2.00 bits per heavy atom. The third-order valence-corrected chi connectivity index (χ3v) is 6.97. The van der Waals surface area contributed by atoms with Crippen molar-refractivity contribution in [3.8, 4) is 17.0 Å². The molecule has 2 aromatic carbocycles. The van der Waals surface area contributed by atoms with E-state index in [1.54, 1.807) is 7.11 Å². The Bertz CT molecular complexity index is 1330. The van der Waals surface area contributed by atoms with Gasteiger partial charge in [0.25, 0.3) is 5.91 Å². The molecule has 0 unspecified atom stereocenters. The third-order valence-electron chi connectivity index (χ3n) is 5.82. The lowest BCUT2D eigenvalue weighted by atomic mass is 9.98. The minimum atomic E-state index is -0.0102. The number of methoxy groups -OCH3 is 1. The normalized spacial score (nSPS) is 16.2. The van der Waals surface area contributed by atoms with Crippen molar-refractivity contribution in [3.05, 3.63) is 52.9 Å². The van der Waals surface area contributed by atoms with Gasteiger partial charge in [-0.1, -0.05) is 13.8 Å². The van der Waals surface area contributed by atoms with Gasteiger partial charge in [0.1, 0.15) is 10.6 Å². The van der Waals surface area contributed by atoms with Gasteiger partial charge in [-0.2, -0.15) is 0 Å². The summed E-state index contributed by atoms with van der Waals surface area (Å²) in [7, 11) is 1.69. The fourth-order valence-electron chi connectivity index (χ4n) is 4.11. The molecule has 158 valence electrons. The molecule has 1 atom stereocenters. The van der Waals surface area contributed by atoms with E-state index in [-0.39, 0.29) is 11.9 Å². The van der Waals surface area contributed by atoms with Crippen LogP contribution in [0.5, 0.6) is 5.75 Å². The van der Waals surface area contributed by atoms with Crippen LogP contribution < -0.4 is 15.4 Å². The molecule has 31 heavy (non-hydrogen) atoms. The molecule has 0 fully saturated rings. The molecule has 0 bridgehead atoms. The summed E-state index contributed by atoms with van der Waals surface area (Å²) < 4.78 is 6.61. The van der Waals surface area contributed by atoms with E-state index in [0.717, 1.165) is 48.6 Å². The number of nitrogens with zero attached hydrogens (tertiary/aromatic N) is 1. The number of amides is 1. The van der Waals surface area contributed by atoms with Crippen LogP contribution in [-0.2, 0) is 0 Å². The minimum Gasteiger partial charge on any atom is -0.497 e. The van der Waals surface area contributed by atoms with Crippen molar-refractivity contribution in [1.29, 1.82) is 0 Å². The standard InChI is InChI=1S/C25H25N3O2S/c1-13(2)15-9-16(11-17(10-15)30-4)19-6-5-18-20(28-19)7-8-21-22(18)23-24(31-21)25(29)27-14(3)12-26-23/h5-11,13-14,26H,12H2,1-4H3,(H,27,29)/t14-/m1/s1. The summed E-state index contributed by atoms with van der Waals surface area (Å²) in [4.78, 5) is 18.4. The highest BCUT2D eigenvalue weighted by Crippen LogP contribution is 2.41. The van der Waals surface area contributed by atoms with E-state index in [2.05, 4.69) is 54.8 Å². The van der Waals surface area contributed by atoms with E-state index >= 15 is 0 Å². The van der Waals surface area contributed by atoms with Crippen LogP contribution in [0.4, 0.5) is 5.69 Å². The van der Waals surface area contributed by atoms with Crippen molar-refractivity contribution in [1.82, 2.24) is 10.3 Å². The summed E-state index contributed by atoms with van der Waals surface area (Å²) in [5.74, 6) is 1.23. The average Bonchev–Trinajstić information content (AvgIpc) is 3.09. The molecule has 2 N–H and O–H groups in total. The Hall–Kier alpha value is -3.12. The molecule has 4 aromatic rings. The van der Waals surface area contributed by atoms with Crippen LogP contribution in [0.3, 0.4) is 0 Å². The number of aromatic nitrogens is 1. The molecule has 0 saturated heterocycles. The maximum Gasteiger partial charge on any atom is 0.263 e. The first-order valence-electron chi connectivity index (χ1n) is 10.5. The summed E-state index contributed by atoms with van der Waals surface area (Å²) >= 11 is 1.53. The molecule has 1 amide bonds. The van der Waals surface area contributed by atoms with Gasteiger partial charge in [0.05, 0.1) is 24.0 Å². The highest BCUT2D eigenvalue weighted by Gasteiger charge is 2.24. The number of carbonyl (C=O) groups is 1. The predicted molar refractivity (Wildman–Crippen MR) is 129 cm³/mol. The number of pyridine rings is 1. The number of thiophene rings is 1. The SMILES string of the molecule is COc1cc(-c2ccc3c(ccc4sc5c(c43)NC[C@@H](C)NC5=O)n2)cc(C(C)C)c1. The fraction of sp³-hybridized carbons (Fsp3) is 0.280. The molecule has 0 aliphatic carbocycles. The maximum atomic E-state index is 12.6. The lowest BCUT2D eigenvalue weighted by molar-refractivity contribution is 0.0949. The molecule has 1 aliphatic rings. The topological polar surface area (TPSA) is 63.2 Å². The van der Waals surface area contributed by atoms with Crippen LogP contribution in [0, 0.1) is 0 Å². The van der Waals surface area contributed by atoms with Crippen LogP contribution in [0.2, 0.25) is 0 Å². The number of nitrogens with one attached hydrogen (secondary N) is 2. The van der Waals surface area contributed by atoms with Crippen molar-refractivity contribution < 1.29 is 9.53 Å². The second-order valence-electron chi connectivity index (χ2n) is 8.41. The number of anilines is 1. The highest BCUT2D eigenvalue weighted by atomic mass is 32.1. The quantitative estimate of drug-likeness (QED) is 0.431. The zero-order valence-corrected chi connectivity index (χ0v) is 18.9. The molecule has 0 radical (unpaired) electrons. The highest BCUT2D eigenvalue weighted by molar-refractivity contribution is 7.21. The number of ether oxygens (including phenoxy) is 1. The lowest BCUT2D eigenvalue weighted by Crippen LogP contribution is -2.34. The van der Waals surface area contributed by atoms with E-state index in [9.17, 15) is 4.79 Å². The smallest absolute Gasteiger partial charge is 0.263 e. The Labute approximate surface area is 185 Å². The van der Waals surface area contributed by atoms with E-state index in [1.165, 1.54) is 16.9 Å².